The van der Waals surface area contributed by atoms with Crippen molar-refractivity contribution in [3.05, 3.63) is 96.1 Å². The van der Waals surface area contributed by atoms with Crippen LogP contribution in [0.4, 0.5) is 30.5 Å². The zero-order chi connectivity index (χ0) is 23.4. The minimum absolute atomic E-state index is 0.169. The van der Waals surface area contributed by atoms with Crippen molar-refractivity contribution >= 4 is 23.2 Å². The van der Waals surface area contributed by atoms with Crippen LogP contribution in [-0.4, -0.2) is 20.9 Å². The zero-order valence-electron chi connectivity index (χ0n) is 17.4. The lowest BCUT2D eigenvalue weighted by Crippen LogP contribution is -2.13. The largest absolute Gasteiger partial charge is 0.417 e. The van der Waals surface area contributed by atoms with Crippen LogP contribution < -0.4 is 10.6 Å². The third-order valence-corrected chi connectivity index (χ3v) is 4.74. The number of anilines is 3. The Morgan fingerprint density at radius 3 is 2.36 bits per heavy atom. The molecule has 0 saturated carbocycles. The molecule has 166 valence electrons. The topological polar surface area (TPSA) is 79.8 Å². The second kappa shape index (κ2) is 9.07. The van der Waals surface area contributed by atoms with Gasteiger partial charge in [0, 0.05) is 29.2 Å². The van der Waals surface area contributed by atoms with Gasteiger partial charge in [-0.1, -0.05) is 30.3 Å². The number of carbonyl (C=O) groups is 1. The Labute approximate surface area is 187 Å². The molecule has 0 unspecified atom stereocenters. The minimum Gasteiger partial charge on any atom is -0.325 e. The van der Waals surface area contributed by atoms with Crippen LogP contribution in [0.15, 0.2) is 79.3 Å². The first-order chi connectivity index (χ1) is 15.8. The number of hydrogen-bond donors (Lipinski definition) is 2. The lowest BCUT2D eigenvalue weighted by atomic mass is 10.0. The second-order valence-corrected chi connectivity index (χ2v) is 7.18. The number of rotatable bonds is 5. The Bertz CT molecular complexity index is 1280. The van der Waals surface area contributed by atoms with E-state index >= 15 is 0 Å². The lowest BCUT2D eigenvalue weighted by Gasteiger charge is -2.13. The van der Waals surface area contributed by atoms with E-state index in [4.69, 9.17) is 0 Å². The normalized spacial score (nSPS) is 11.2. The molecule has 1 amide bonds. The highest BCUT2D eigenvalue weighted by molar-refractivity contribution is 6.06. The molecule has 33 heavy (non-hydrogen) atoms. The molecule has 0 bridgehead atoms. The van der Waals surface area contributed by atoms with Gasteiger partial charge in [0.1, 0.15) is 11.6 Å². The number of aryl methyl sites for hydroxylation is 1. The van der Waals surface area contributed by atoms with Crippen molar-refractivity contribution in [2.75, 3.05) is 10.6 Å². The van der Waals surface area contributed by atoms with Crippen molar-refractivity contribution in [2.24, 2.45) is 0 Å². The first-order valence-electron chi connectivity index (χ1n) is 9.89. The summed E-state index contributed by atoms with van der Waals surface area (Å²) in [5, 5.41) is 5.67. The van der Waals surface area contributed by atoms with Crippen LogP contribution in [-0.2, 0) is 6.18 Å². The van der Waals surface area contributed by atoms with Crippen molar-refractivity contribution in [1.82, 2.24) is 15.0 Å². The van der Waals surface area contributed by atoms with Gasteiger partial charge < -0.3 is 10.6 Å². The molecule has 0 saturated heterocycles. The molecule has 9 heteroatoms. The third kappa shape index (κ3) is 5.32. The molecule has 0 atom stereocenters. The summed E-state index contributed by atoms with van der Waals surface area (Å²) in [6, 6.07) is 16.6. The molecule has 6 nitrogen and oxygen atoms in total. The Hall–Kier alpha value is -4.27. The molecule has 3 heterocycles. The maximum absolute atomic E-state index is 12.9. The van der Waals surface area contributed by atoms with Gasteiger partial charge in [-0.2, -0.15) is 13.2 Å². The minimum atomic E-state index is -4.47. The number of alkyl halides is 3. The van der Waals surface area contributed by atoms with Gasteiger partial charge in [0.2, 0.25) is 0 Å². The van der Waals surface area contributed by atoms with Gasteiger partial charge in [0.05, 0.1) is 17.4 Å². The van der Waals surface area contributed by atoms with E-state index in [0.717, 1.165) is 29.1 Å². The predicted molar refractivity (Wildman–Crippen MR) is 119 cm³/mol. The maximum Gasteiger partial charge on any atom is 0.417 e. The number of aromatic nitrogens is 3. The molecule has 0 aliphatic rings. The van der Waals surface area contributed by atoms with Crippen LogP contribution in [0.1, 0.15) is 21.6 Å². The highest BCUT2D eigenvalue weighted by atomic mass is 19.4. The molecular weight excluding hydrogens is 431 g/mol. The Morgan fingerprint density at radius 2 is 1.67 bits per heavy atom. The standard InChI is InChI=1S/C24H18F3N5O/c1-15-11-19(16-5-3-2-4-6-16)20(14-29-15)31-23(33)17-9-10-28-22(12-17)32-21-8-7-18(13-30-21)24(25,26)27/h2-14H,1H3,(H,31,33)(H,28,30,32). The summed E-state index contributed by atoms with van der Waals surface area (Å²) in [7, 11) is 0. The number of carbonyl (C=O) groups excluding carboxylic acids is 1. The van der Waals surface area contributed by atoms with E-state index in [0.29, 0.717) is 11.3 Å². The van der Waals surface area contributed by atoms with Crippen LogP contribution in [0, 0.1) is 6.92 Å². The van der Waals surface area contributed by atoms with E-state index in [2.05, 4.69) is 25.6 Å². The molecular formula is C24H18F3N5O. The van der Waals surface area contributed by atoms with Crippen LogP contribution in [0.5, 0.6) is 0 Å². The summed E-state index contributed by atoms with van der Waals surface area (Å²) in [6.07, 6.45) is -0.714. The zero-order valence-corrected chi connectivity index (χ0v) is 17.4. The molecule has 4 rings (SSSR count). The van der Waals surface area contributed by atoms with Gasteiger partial charge in [0.15, 0.2) is 0 Å². The quantitative estimate of drug-likeness (QED) is 0.399. The van der Waals surface area contributed by atoms with Crippen molar-refractivity contribution in [3.63, 3.8) is 0 Å². The predicted octanol–water partition coefficient (Wildman–Crippen LogP) is 5.86. The third-order valence-electron chi connectivity index (χ3n) is 4.74. The van der Waals surface area contributed by atoms with Crippen molar-refractivity contribution in [1.29, 1.82) is 0 Å². The average Bonchev–Trinajstić information content (AvgIpc) is 2.81. The number of pyridine rings is 3. The molecule has 2 N–H and O–H groups in total. The number of amides is 1. The highest BCUT2D eigenvalue weighted by Gasteiger charge is 2.30. The SMILES string of the molecule is Cc1cc(-c2ccccc2)c(NC(=O)c2ccnc(Nc3ccc(C(F)(F)F)cn3)c2)cn1. The van der Waals surface area contributed by atoms with Crippen LogP contribution in [0.3, 0.4) is 0 Å². The summed E-state index contributed by atoms with van der Waals surface area (Å²) in [6.45, 7) is 1.87. The molecule has 0 radical (unpaired) electrons. The van der Waals surface area contributed by atoms with E-state index in [1.54, 1.807) is 6.20 Å². The van der Waals surface area contributed by atoms with Crippen molar-refractivity contribution < 1.29 is 18.0 Å². The smallest absolute Gasteiger partial charge is 0.325 e. The number of benzene rings is 1. The molecule has 0 fully saturated rings. The molecule has 0 aliphatic carbocycles. The first kappa shape index (κ1) is 21.9. The number of hydrogen-bond acceptors (Lipinski definition) is 5. The van der Waals surface area contributed by atoms with E-state index in [-0.39, 0.29) is 17.5 Å². The fraction of sp³-hybridized carbons (Fsp3) is 0.0833. The van der Waals surface area contributed by atoms with Gasteiger partial charge in [-0.3, -0.25) is 9.78 Å². The van der Waals surface area contributed by atoms with Gasteiger partial charge in [-0.25, -0.2) is 9.97 Å². The van der Waals surface area contributed by atoms with Gasteiger partial charge in [-0.05, 0) is 42.8 Å². The fourth-order valence-electron chi connectivity index (χ4n) is 3.12. The second-order valence-electron chi connectivity index (χ2n) is 7.18. The van der Waals surface area contributed by atoms with E-state index in [1.807, 2.05) is 43.3 Å². The van der Waals surface area contributed by atoms with Crippen LogP contribution >= 0.6 is 0 Å². The average molecular weight is 449 g/mol. The Kier molecular flexibility index (Phi) is 6.03. The molecule has 0 aliphatic heterocycles. The van der Waals surface area contributed by atoms with Crippen LogP contribution in [0.2, 0.25) is 0 Å². The monoisotopic (exact) mass is 449 g/mol. The van der Waals surface area contributed by atoms with Gasteiger partial charge in [0.25, 0.3) is 5.91 Å². The van der Waals surface area contributed by atoms with E-state index < -0.39 is 11.7 Å². The van der Waals surface area contributed by atoms with Crippen molar-refractivity contribution in [3.8, 4) is 11.1 Å². The Balaban J connectivity index is 1.53. The maximum atomic E-state index is 12.9. The highest BCUT2D eigenvalue weighted by Crippen LogP contribution is 2.30. The van der Waals surface area contributed by atoms with Gasteiger partial charge in [-0.15, -0.1) is 0 Å². The lowest BCUT2D eigenvalue weighted by molar-refractivity contribution is -0.137. The van der Waals surface area contributed by atoms with Crippen molar-refractivity contribution in [2.45, 2.75) is 13.1 Å². The molecule has 1 aromatic carbocycles. The number of halogens is 3. The summed E-state index contributed by atoms with van der Waals surface area (Å²) >= 11 is 0. The van der Waals surface area contributed by atoms with E-state index in [9.17, 15) is 18.0 Å². The fourth-order valence-corrected chi connectivity index (χ4v) is 3.12. The number of nitrogens with one attached hydrogen (secondary N) is 2. The van der Waals surface area contributed by atoms with Crippen LogP contribution in [0.25, 0.3) is 11.1 Å². The molecule has 0 spiro atoms. The van der Waals surface area contributed by atoms with Gasteiger partial charge >= 0.3 is 6.18 Å². The summed E-state index contributed by atoms with van der Waals surface area (Å²) in [5.41, 5.74) is 2.58. The Morgan fingerprint density at radius 1 is 0.879 bits per heavy atom. The van der Waals surface area contributed by atoms with E-state index in [1.165, 1.54) is 24.4 Å². The molecule has 4 aromatic rings. The summed E-state index contributed by atoms with van der Waals surface area (Å²) < 4.78 is 38.1. The summed E-state index contributed by atoms with van der Waals surface area (Å²) in [4.78, 5) is 25.1. The molecule has 3 aromatic heterocycles. The first-order valence-corrected chi connectivity index (χ1v) is 9.89. The number of nitrogens with zero attached hydrogens (tertiary/aromatic N) is 3. The summed E-state index contributed by atoms with van der Waals surface area (Å²) in [5.74, 6) is 0.0473.